The Morgan fingerprint density at radius 2 is 1.56 bits per heavy atom. The standard InChI is InChI=1S/C14H28N2/c1-12-5-7-14(8-6-12)15-13-4-3-10-16(2)11-9-13/h12-15H,3-11H2,1-2H3. The molecule has 1 heterocycles. The van der Waals surface area contributed by atoms with Crippen LogP contribution in [0.1, 0.15) is 51.9 Å². The van der Waals surface area contributed by atoms with Gasteiger partial charge in [-0.1, -0.05) is 6.92 Å². The molecular formula is C14H28N2. The summed E-state index contributed by atoms with van der Waals surface area (Å²) in [4.78, 5) is 2.48. The third-order valence-electron chi connectivity index (χ3n) is 4.44. The monoisotopic (exact) mass is 224 g/mol. The maximum absolute atomic E-state index is 3.91. The smallest absolute Gasteiger partial charge is 0.00823 e. The van der Waals surface area contributed by atoms with Gasteiger partial charge in [0.1, 0.15) is 0 Å². The zero-order valence-corrected chi connectivity index (χ0v) is 11.0. The molecule has 1 atom stereocenters. The van der Waals surface area contributed by atoms with E-state index in [2.05, 4.69) is 24.2 Å². The summed E-state index contributed by atoms with van der Waals surface area (Å²) in [6.07, 6.45) is 9.80. The molecule has 0 bridgehead atoms. The molecule has 2 rings (SSSR count). The molecule has 0 spiro atoms. The van der Waals surface area contributed by atoms with Gasteiger partial charge < -0.3 is 10.2 Å². The lowest BCUT2D eigenvalue weighted by atomic mass is 9.87. The summed E-state index contributed by atoms with van der Waals surface area (Å²) < 4.78 is 0. The van der Waals surface area contributed by atoms with Crippen LogP contribution in [0.25, 0.3) is 0 Å². The topological polar surface area (TPSA) is 15.3 Å². The number of rotatable bonds is 2. The van der Waals surface area contributed by atoms with E-state index in [0.29, 0.717) is 0 Å². The van der Waals surface area contributed by atoms with Crippen LogP contribution >= 0.6 is 0 Å². The zero-order valence-electron chi connectivity index (χ0n) is 11.0. The first kappa shape index (κ1) is 12.4. The van der Waals surface area contributed by atoms with E-state index in [1.54, 1.807) is 0 Å². The average Bonchev–Trinajstić information content (AvgIpc) is 2.47. The maximum atomic E-state index is 3.91. The molecule has 1 aliphatic carbocycles. The number of hydrogen-bond donors (Lipinski definition) is 1. The summed E-state index contributed by atoms with van der Waals surface area (Å²) in [5, 5.41) is 3.91. The minimum atomic E-state index is 0.795. The second-order valence-electron chi connectivity index (χ2n) is 6.05. The van der Waals surface area contributed by atoms with Crippen molar-refractivity contribution < 1.29 is 0 Å². The second kappa shape index (κ2) is 6.02. The van der Waals surface area contributed by atoms with E-state index >= 15 is 0 Å². The minimum absolute atomic E-state index is 0.795. The Kier molecular flexibility index (Phi) is 4.66. The Balaban J connectivity index is 1.72. The molecule has 0 amide bonds. The van der Waals surface area contributed by atoms with Crippen LogP contribution < -0.4 is 5.32 Å². The predicted molar refractivity (Wildman–Crippen MR) is 69.7 cm³/mol. The zero-order chi connectivity index (χ0) is 11.4. The first-order valence-electron chi connectivity index (χ1n) is 7.18. The molecule has 1 saturated carbocycles. The summed E-state index contributed by atoms with van der Waals surface area (Å²) in [6, 6.07) is 1.62. The fourth-order valence-corrected chi connectivity index (χ4v) is 3.17. The molecule has 94 valence electrons. The van der Waals surface area contributed by atoms with Crippen molar-refractivity contribution in [2.75, 3.05) is 20.1 Å². The molecule has 1 aliphatic heterocycles. The number of likely N-dealkylation sites (tertiary alicyclic amines) is 1. The van der Waals surface area contributed by atoms with Crippen LogP contribution in [0.4, 0.5) is 0 Å². The molecule has 0 aromatic rings. The van der Waals surface area contributed by atoms with Crippen LogP contribution in [0.2, 0.25) is 0 Å². The van der Waals surface area contributed by atoms with Gasteiger partial charge in [0, 0.05) is 12.1 Å². The predicted octanol–water partition coefficient (Wildman–Crippen LogP) is 2.64. The second-order valence-corrected chi connectivity index (χ2v) is 6.05. The summed E-state index contributed by atoms with van der Waals surface area (Å²) in [5.74, 6) is 0.971. The van der Waals surface area contributed by atoms with Gasteiger partial charge in [0.15, 0.2) is 0 Å². The van der Waals surface area contributed by atoms with Crippen molar-refractivity contribution in [3.63, 3.8) is 0 Å². The molecule has 2 aliphatic rings. The van der Waals surface area contributed by atoms with Gasteiger partial charge in [-0.3, -0.25) is 0 Å². The van der Waals surface area contributed by atoms with E-state index in [0.717, 1.165) is 18.0 Å². The molecule has 2 fully saturated rings. The highest BCUT2D eigenvalue weighted by Crippen LogP contribution is 2.24. The quantitative estimate of drug-likeness (QED) is 0.776. The van der Waals surface area contributed by atoms with E-state index in [-0.39, 0.29) is 0 Å². The average molecular weight is 224 g/mol. The molecule has 0 aromatic heterocycles. The highest BCUT2D eigenvalue weighted by Gasteiger charge is 2.22. The van der Waals surface area contributed by atoms with E-state index in [4.69, 9.17) is 0 Å². The lowest BCUT2D eigenvalue weighted by Gasteiger charge is -2.30. The summed E-state index contributed by atoms with van der Waals surface area (Å²) in [6.45, 7) is 4.97. The molecule has 0 aromatic carbocycles. The van der Waals surface area contributed by atoms with Crippen LogP contribution in [0.15, 0.2) is 0 Å². The van der Waals surface area contributed by atoms with Crippen LogP contribution in [0, 0.1) is 5.92 Å². The molecule has 1 unspecified atom stereocenters. The van der Waals surface area contributed by atoms with Crippen molar-refractivity contribution in [1.82, 2.24) is 10.2 Å². The Morgan fingerprint density at radius 1 is 0.875 bits per heavy atom. The Labute approximate surface area is 101 Å². The fraction of sp³-hybridized carbons (Fsp3) is 1.00. The molecule has 2 nitrogen and oxygen atoms in total. The van der Waals surface area contributed by atoms with Gasteiger partial charge in [0.25, 0.3) is 0 Å². The van der Waals surface area contributed by atoms with E-state index in [9.17, 15) is 0 Å². The minimum Gasteiger partial charge on any atom is -0.311 e. The third kappa shape index (κ3) is 3.74. The summed E-state index contributed by atoms with van der Waals surface area (Å²) in [5.41, 5.74) is 0. The maximum Gasteiger partial charge on any atom is 0.00823 e. The van der Waals surface area contributed by atoms with Crippen molar-refractivity contribution >= 4 is 0 Å². The van der Waals surface area contributed by atoms with Crippen molar-refractivity contribution in [2.45, 2.75) is 64.0 Å². The van der Waals surface area contributed by atoms with E-state index < -0.39 is 0 Å². The van der Waals surface area contributed by atoms with Crippen molar-refractivity contribution in [3.05, 3.63) is 0 Å². The fourth-order valence-electron chi connectivity index (χ4n) is 3.17. The van der Waals surface area contributed by atoms with Crippen LogP contribution in [0.5, 0.6) is 0 Å². The molecular weight excluding hydrogens is 196 g/mol. The van der Waals surface area contributed by atoms with Gasteiger partial charge in [-0.25, -0.2) is 0 Å². The van der Waals surface area contributed by atoms with Gasteiger partial charge >= 0.3 is 0 Å². The number of nitrogens with zero attached hydrogens (tertiary/aromatic N) is 1. The van der Waals surface area contributed by atoms with Gasteiger partial charge in [-0.05, 0) is 71.0 Å². The van der Waals surface area contributed by atoms with Gasteiger partial charge in [-0.2, -0.15) is 0 Å². The van der Waals surface area contributed by atoms with E-state index in [1.807, 2.05) is 0 Å². The van der Waals surface area contributed by atoms with E-state index in [1.165, 1.54) is 58.0 Å². The normalized spacial score (nSPS) is 38.2. The van der Waals surface area contributed by atoms with Crippen molar-refractivity contribution in [1.29, 1.82) is 0 Å². The SMILES string of the molecule is CC1CCC(NC2CCCN(C)CC2)CC1. The molecule has 1 saturated heterocycles. The Hall–Kier alpha value is -0.0800. The Bertz CT molecular complexity index is 197. The van der Waals surface area contributed by atoms with Crippen LogP contribution in [0.3, 0.4) is 0 Å². The van der Waals surface area contributed by atoms with Gasteiger partial charge in [0.05, 0.1) is 0 Å². The van der Waals surface area contributed by atoms with Gasteiger partial charge in [-0.15, -0.1) is 0 Å². The molecule has 0 radical (unpaired) electrons. The number of hydrogen-bond acceptors (Lipinski definition) is 2. The van der Waals surface area contributed by atoms with Crippen LogP contribution in [-0.4, -0.2) is 37.1 Å². The summed E-state index contributed by atoms with van der Waals surface area (Å²) >= 11 is 0. The highest BCUT2D eigenvalue weighted by atomic mass is 15.1. The first-order valence-corrected chi connectivity index (χ1v) is 7.18. The molecule has 1 N–H and O–H groups in total. The Morgan fingerprint density at radius 3 is 2.31 bits per heavy atom. The van der Waals surface area contributed by atoms with Crippen LogP contribution in [-0.2, 0) is 0 Å². The van der Waals surface area contributed by atoms with Crippen molar-refractivity contribution in [3.8, 4) is 0 Å². The summed E-state index contributed by atoms with van der Waals surface area (Å²) in [7, 11) is 2.25. The lowest BCUT2D eigenvalue weighted by molar-refractivity contribution is 0.275. The lowest BCUT2D eigenvalue weighted by Crippen LogP contribution is -2.40. The van der Waals surface area contributed by atoms with Gasteiger partial charge in [0.2, 0.25) is 0 Å². The van der Waals surface area contributed by atoms with Crippen molar-refractivity contribution in [2.24, 2.45) is 5.92 Å². The number of nitrogens with one attached hydrogen (secondary N) is 1. The highest BCUT2D eigenvalue weighted by molar-refractivity contribution is 4.81. The largest absolute Gasteiger partial charge is 0.311 e. The molecule has 2 heteroatoms. The first-order chi connectivity index (χ1) is 7.74. The molecule has 16 heavy (non-hydrogen) atoms. The third-order valence-corrected chi connectivity index (χ3v) is 4.44.